The fraction of sp³-hybridized carbons (Fsp3) is 0.273. The van der Waals surface area contributed by atoms with E-state index in [1.165, 1.54) is 46.2 Å². The molecule has 4 rings (SSSR count). The molecule has 1 heteroatoms. The summed E-state index contributed by atoms with van der Waals surface area (Å²) in [5, 5.41) is 18.0. The summed E-state index contributed by atoms with van der Waals surface area (Å²) in [4.78, 5) is 0. The number of hydrogen-bond acceptors (Lipinski definition) is 1. The minimum atomic E-state index is 0.479. The summed E-state index contributed by atoms with van der Waals surface area (Å²) in [6.45, 7) is 2.23. The molecule has 1 nitrogen and oxygen atoms in total. The molecule has 1 N–H and O–H groups in total. The number of rotatable bonds is 5. The smallest absolute Gasteiger partial charge is 0.126 e. The lowest BCUT2D eigenvalue weighted by molar-refractivity contribution is 0.473. The molecule has 0 atom stereocenters. The zero-order valence-electron chi connectivity index (χ0n) is 13.6. The van der Waals surface area contributed by atoms with Gasteiger partial charge in [0.25, 0.3) is 0 Å². The van der Waals surface area contributed by atoms with Crippen molar-refractivity contribution in [2.75, 3.05) is 0 Å². The van der Waals surface area contributed by atoms with Gasteiger partial charge in [0, 0.05) is 10.8 Å². The standard InChI is InChI=1S/C22H22O/c1-2-3-4-5-7-18-14-17-11-10-15-8-6-9-16-12-13-19(22(18)23)21(17)20(15)16/h6,8-14,23H,2-5,7H2,1H3. The van der Waals surface area contributed by atoms with Crippen molar-refractivity contribution in [2.24, 2.45) is 0 Å². The minimum absolute atomic E-state index is 0.479. The van der Waals surface area contributed by atoms with Crippen molar-refractivity contribution in [2.45, 2.75) is 39.0 Å². The van der Waals surface area contributed by atoms with Crippen LogP contribution < -0.4 is 0 Å². The van der Waals surface area contributed by atoms with Crippen LogP contribution in [-0.2, 0) is 6.42 Å². The van der Waals surface area contributed by atoms with Crippen LogP contribution in [0.5, 0.6) is 5.75 Å². The Morgan fingerprint density at radius 2 is 1.52 bits per heavy atom. The molecule has 0 radical (unpaired) electrons. The lowest BCUT2D eigenvalue weighted by atomic mass is 9.91. The van der Waals surface area contributed by atoms with Crippen molar-refractivity contribution in [3.63, 3.8) is 0 Å². The third-order valence-corrected chi connectivity index (χ3v) is 5.00. The molecule has 116 valence electrons. The molecule has 0 amide bonds. The Labute approximate surface area is 136 Å². The highest BCUT2D eigenvalue weighted by Gasteiger charge is 2.13. The Morgan fingerprint density at radius 3 is 2.30 bits per heavy atom. The average molecular weight is 302 g/mol. The van der Waals surface area contributed by atoms with Crippen LogP contribution in [0.2, 0.25) is 0 Å². The molecule has 0 fully saturated rings. The highest BCUT2D eigenvalue weighted by Crippen LogP contribution is 2.40. The molecule has 0 aromatic heterocycles. The van der Waals surface area contributed by atoms with Crippen molar-refractivity contribution in [1.82, 2.24) is 0 Å². The molecule has 4 aromatic rings. The second-order valence-corrected chi connectivity index (χ2v) is 6.55. The third-order valence-electron chi connectivity index (χ3n) is 5.00. The molecule has 0 aliphatic carbocycles. The maximum atomic E-state index is 10.8. The summed E-state index contributed by atoms with van der Waals surface area (Å²) in [6.07, 6.45) is 5.86. The lowest BCUT2D eigenvalue weighted by Crippen LogP contribution is -1.91. The molecule has 23 heavy (non-hydrogen) atoms. The van der Waals surface area contributed by atoms with Crippen LogP contribution in [0, 0.1) is 0 Å². The Bertz CT molecular complexity index is 952. The van der Waals surface area contributed by atoms with Crippen LogP contribution in [0.3, 0.4) is 0 Å². The van der Waals surface area contributed by atoms with Gasteiger partial charge in [-0.1, -0.05) is 62.6 Å². The van der Waals surface area contributed by atoms with Crippen LogP contribution in [0.1, 0.15) is 38.2 Å². The Kier molecular flexibility index (Phi) is 3.57. The van der Waals surface area contributed by atoms with Crippen molar-refractivity contribution in [1.29, 1.82) is 0 Å². The van der Waals surface area contributed by atoms with Gasteiger partial charge >= 0.3 is 0 Å². The van der Waals surface area contributed by atoms with E-state index in [1.807, 2.05) is 0 Å². The fourth-order valence-electron chi connectivity index (χ4n) is 3.79. The number of phenolic OH excluding ortho intramolecular Hbond substituents is 1. The van der Waals surface area contributed by atoms with E-state index in [-0.39, 0.29) is 0 Å². The van der Waals surface area contributed by atoms with E-state index in [9.17, 15) is 5.11 Å². The summed E-state index contributed by atoms with van der Waals surface area (Å²) in [6, 6.07) is 17.2. The zero-order chi connectivity index (χ0) is 15.8. The molecular formula is C22H22O. The van der Waals surface area contributed by atoms with Gasteiger partial charge in [0.05, 0.1) is 0 Å². The summed E-state index contributed by atoms with van der Waals surface area (Å²) in [5.74, 6) is 0.479. The van der Waals surface area contributed by atoms with Crippen LogP contribution in [0.25, 0.3) is 32.3 Å². The predicted octanol–water partition coefficient (Wildman–Crippen LogP) is 6.41. The van der Waals surface area contributed by atoms with Crippen LogP contribution in [0.4, 0.5) is 0 Å². The van der Waals surface area contributed by atoms with Gasteiger partial charge in [-0.25, -0.2) is 0 Å². The first-order valence-electron chi connectivity index (χ1n) is 8.68. The van der Waals surface area contributed by atoms with Gasteiger partial charge in [0.15, 0.2) is 0 Å². The molecule has 0 spiro atoms. The van der Waals surface area contributed by atoms with Gasteiger partial charge in [-0.3, -0.25) is 0 Å². The van der Waals surface area contributed by atoms with Crippen molar-refractivity contribution < 1.29 is 5.11 Å². The Morgan fingerprint density at radius 1 is 0.783 bits per heavy atom. The molecule has 0 saturated heterocycles. The Hall–Kier alpha value is -2.28. The quantitative estimate of drug-likeness (QED) is 0.333. The van der Waals surface area contributed by atoms with Crippen LogP contribution >= 0.6 is 0 Å². The number of hydrogen-bond donors (Lipinski definition) is 1. The molecule has 0 heterocycles. The first kappa shape index (κ1) is 14.3. The van der Waals surface area contributed by atoms with E-state index in [2.05, 4.69) is 55.5 Å². The van der Waals surface area contributed by atoms with E-state index >= 15 is 0 Å². The summed E-state index contributed by atoms with van der Waals surface area (Å²) in [5.41, 5.74) is 1.09. The SMILES string of the molecule is CCCCCCc1cc2ccc3cccc4ccc(c1O)c2c34. The van der Waals surface area contributed by atoms with E-state index in [1.54, 1.807) is 0 Å². The van der Waals surface area contributed by atoms with E-state index in [0.717, 1.165) is 23.8 Å². The first-order valence-corrected chi connectivity index (χ1v) is 8.68. The van der Waals surface area contributed by atoms with Crippen molar-refractivity contribution in [3.05, 3.63) is 54.1 Å². The lowest BCUT2D eigenvalue weighted by Gasteiger charge is -2.14. The molecule has 0 bridgehead atoms. The van der Waals surface area contributed by atoms with Gasteiger partial charge in [-0.15, -0.1) is 0 Å². The van der Waals surface area contributed by atoms with Gasteiger partial charge < -0.3 is 5.11 Å². The highest BCUT2D eigenvalue weighted by molar-refractivity contribution is 6.24. The maximum absolute atomic E-state index is 10.8. The number of unbranched alkanes of at least 4 members (excludes halogenated alkanes) is 3. The summed E-state index contributed by atoms with van der Waals surface area (Å²) >= 11 is 0. The fourth-order valence-corrected chi connectivity index (χ4v) is 3.79. The topological polar surface area (TPSA) is 20.2 Å². The zero-order valence-corrected chi connectivity index (χ0v) is 13.6. The maximum Gasteiger partial charge on any atom is 0.126 e. The molecular weight excluding hydrogens is 280 g/mol. The van der Waals surface area contributed by atoms with Gasteiger partial charge in [0.1, 0.15) is 5.75 Å². The highest BCUT2D eigenvalue weighted by atomic mass is 16.3. The predicted molar refractivity (Wildman–Crippen MR) is 99.7 cm³/mol. The van der Waals surface area contributed by atoms with Gasteiger partial charge in [-0.2, -0.15) is 0 Å². The van der Waals surface area contributed by atoms with Gasteiger partial charge in [-0.05, 0) is 52.1 Å². The molecule has 0 saturated carbocycles. The number of benzene rings is 4. The van der Waals surface area contributed by atoms with Crippen molar-refractivity contribution in [3.8, 4) is 5.75 Å². The first-order chi connectivity index (χ1) is 11.3. The van der Waals surface area contributed by atoms with Crippen LogP contribution in [0.15, 0.2) is 48.5 Å². The number of phenols is 1. The largest absolute Gasteiger partial charge is 0.507 e. The normalized spacial score (nSPS) is 11.9. The monoisotopic (exact) mass is 302 g/mol. The Balaban J connectivity index is 1.90. The second kappa shape index (κ2) is 5.73. The van der Waals surface area contributed by atoms with Gasteiger partial charge in [0.2, 0.25) is 0 Å². The molecule has 0 aliphatic heterocycles. The number of aromatic hydroxyl groups is 1. The van der Waals surface area contributed by atoms with E-state index < -0.39 is 0 Å². The summed E-state index contributed by atoms with van der Waals surface area (Å²) in [7, 11) is 0. The summed E-state index contributed by atoms with van der Waals surface area (Å²) < 4.78 is 0. The van der Waals surface area contributed by atoms with Crippen LogP contribution in [-0.4, -0.2) is 5.11 Å². The minimum Gasteiger partial charge on any atom is -0.507 e. The van der Waals surface area contributed by atoms with E-state index in [4.69, 9.17) is 0 Å². The molecule has 4 aromatic carbocycles. The number of aryl methyl sites for hydroxylation is 1. The second-order valence-electron chi connectivity index (χ2n) is 6.55. The average Bonchev–Trinajstić information content (AvgIpc) is 2.59. The van der Waals surface area contributed by atoms with Crippen molar-refractivity contribution >= 4 is 32.3 Å². The molecule has 0 aliphatic rings. The van der Waals surface area contributed by atoms with E-state index in [0.29, 0.717) is 5.75 Å². The molecule has 0 unspecified atom stereocenters. The third kappa shape index (κ3) is 2.31.